The van der Waals surface area contributed by atoms with E-state index in [2.05, 4.69) is 61.2 Å². The quantitative estimate of drug-likeness (QED) is 0.848. The molecular formula is C12H13Br2N3S. The first-order valence-electron chi connectivity index (χ1n) is 5.57. The number of nitrogens with one attached hydrogen (secondary N) is 1. The maximum atomic E-state index is 4.23. The van der Waals surface area contributed by atoms with Crippen LogP contribution < -0.4 is 5.32 Å². The summed E-state index contributed by atoms with van der Waals surface area (Å²) in [5.74, 6) is 0. The van der Waals surface area contributed by atoms with Crippen LogP contribution in [-0.4, -0.2) is 16.2 Å². The molecule has 0 radical (unpaired) electrons. The van der Waals surface area contributed by atoms with Crippen LogP contribution in [0.4, 0.5) is 0 Å². The van der Waals surface area contributed by atoms with Crippen LogP contribution in [0.25, 0.3) is 10.6 Å². The van der Waals surface area contributed by atoms with Crippen molar-refractivity contribution >= 4 is 43.2 Å². The van der Waals surface area contributed by atoms with Gasteiger partial charge in [0.1, 0.15) is 10.0 Å². The molecule has 0 aliphatic carbocycles. The van der Waals surface area contributed by atoms with E-state index in [9.17, 15) is 0 Å². The Labute approximate surface area is 127 Å². The minimum atomic E-state index is 0.456. The molecule has 1 N–H and O–H groups in total. The van der Waals surface area contributed by atoms with Crippen molar-refractivity contribution in [3.8, 4) is 10.6 Å². The highest BCUT2D eigenvalue weighted by Crippen LogP contribution is 2.29. The molecule has 0 saturated carbocycles. The molecule has 6 heteroatoms. The van der Waals surface area contributed by atoms with E-state index < -0.39 is 0 Å². The topological polar surface area (TPSA) is 37.8 Å². The summed E-state index contributed by atoms with van der Waals surface area (Å²) in [4.78, 5) is 0. The van der Waals surface area contributed by atoms with Crippen molar-refractivity contribution in [2.24, 2.45) is 0 Å². The lowest BCUT2D eigenvalue weighted by atomic mass is 10.2. The summed E-state index contributed by atoms with van der Waals surface area (Å²) < 4.78 is 2.06. The second kappa shape index (κ2) is 6.23. The first-order valence-corrected chi connectivity index (χ1v) is 7.97. The van der Waals surface area contributed by atoms with E-state index in [4.69, 9.17) is 0 Å². The summed E-state index contributed by atoms with van der Waals surface area (Å²) >= 11 is 8.58. The van der Waals surface area contributed by atoms with Crippen LogP contribution in [-0.2, 0) is 6.54 Å². The number of hydrogen-bond donors (Lipinski definition) is 1. The molecule has 2 rings (SSSR count). The fraction of sp³-hybridized carbons (Fsp3) is 0.333. The number of aromatic nitrogens is 2. The van der Waals surface area contributed by atoms with Crippen LogP contribution in [0.15, 0.2) is 27.1 Å². The number of benzene rings is 1. The molecule has 0 bridgehead atoms. The van der Waals surface area contributed by atoms with Gasteiger partial charge < -0.3 is 5.32 Å². The standard InChI is InChI=1S/C12H13Br2N3S/c1-7(2)15-6-11-16-17-12(18-11)8-3-9(13)5-10(14)4-8/h3-5,7,15H,6H2,1-2H3. The van der Waals surface area contributed by atoms with Crippen molar-refractivity contribution in [1.29, 1.82) is 0 Å². The van der Waals surface area contributed by atoms with Gasteiger partial charge in [0.05, 0.1) is 0 Å². The minimum Gasteiger partial charge on any atom is -0.308 e. The van der Waals surface area contributed by atoms with E-state index in [1.165, 1.54) is 0 Å². The van der Waals surface area contributed by atoms with Gasteiger partial charge in [-0.2, -0.15) is 0 Å². The van der Waals surface area contributed by atoms with Crippen LogP contribution in [0.1, 0.15) is 18.9 Å². The normalized spacial score (nSPS) is 11.2. The highest BCUT2D eigenvalue weighted by atomic mass is 79.9. The van der Waals surface area contributed by atoms with E-state index in [1.807, 2.05) is 18.2 Å². The number of halogens is 2. The van der Waals surface area contributed by atoms with Crippen molar-refractivity contribution in [2.75, 3.05) is 0 Å². The van der Waals surface area contributed by atoms with E-state index >= 15 is 0 Å². The third-order valence-corrected chi connectivity index (χ3v) is 4.13. The Morgan fingerprint density at radius 3 is 2.44 bits per heavy atom. The molecule has 1 heterocycles. The Morgan fingerprint density at radius 1 is 1.17 bits per heavy atom. The summed E-state index contributed by atoms with van der Waals surface area (Å²) in [7, 11) is 0. The number of hydrogen-bond acceptors (Lipinski definition) is 4. The third kappa shape index (κ3) is 3.85. The van der Waals surface area contributed by atoms with Gasteiger partial charge in [0.2, 0.25) is 0 Å². The molecule has 0 saturated heterocycles. The summed E-state index contributed by atoms with van der Waals surface area (Å²) in [5.41, 5.74) is 1.07. The molecule has 0 aliphatic rings. The van der Waals surface area contributed by atoms with Crippen LogP contribution in [0.5, 0.6) is 0 Å². The molecule has 0 unspecified atom stereocenters. The van der Waals surface area contributed by atoms with Gasteiger partial charge in [0.25, 0.3) is 0 Å². The first-order chi connectivity index (χ1) is 8.54. The Kier molecular flexibility index (Phi) is 4.89. The molecule has 0 amide bonds. The van der Waals surface area contributed by atoms with Crippen molar-refractivity contribution in [1.82, 2.24) is 15.5 Å². The zero-order chi connectivity index (χ0) is 13.1. The molecule has 1 aromatic heterocycles. The molecule has 1 aromatic carbocycles. The van der Waals surface area contributed by atoms with Gasteiger partial charge in [-0.1, -0.05) is 57.0 Å². The summed E-state index contributed by atoms with van der Waals surface area (Å²) in [6.07, 6.45) is 0. The van der Waals surface area contributed by atoms with Gasteiger partial charge in [-0.15, -0.1) is 10.2 Å². The fourth-order valence-corrected chi connectivity index (χ4v) is 3.48. The fourth-order valence-electron chi connectivity index (χ4n) is 1.41. The molecule has 96 valence electrons. The van der Waals surface area contributed by atoms with Crippen LogP contribution in [0.3, 0.4) is 0 Å². The molecule has 0 fully saturated rings. The lowest BCUT2D eigenvalue weighted by Crippen LogP contribution is -2.21. The SMILES string of the molecule is CC(C)NCc1nnc(-c2cc(Br)cc(Br)c2)s1. The van der Waals surface area contributed by atoms with Gasteiger partial charge >= 0.3 is 0 Å². The molecule has 2 aromatic rings. The van der Waals surface area contributed by atoms with Gasteiger partial charge in [-0.05, 0) is 18.2 Å². The second-order valence-electron chi connectivity index (χ2n) is 4.19. The second-order valence-corrected chi connectivity index (χ2v) is 7.09. The average Bonchev–Trinajstić information content (AvgIpc) is 2.73. The molecule has 0 spiro atoms. The Hall–Kier alpha value is -0.300. The van der Waals surface area contributed by atoms with Crippen LogP contribution in [0.2, 0.25) is 0 Å². The Morgan fingerprint density at radius 2 is 1.83 bits per heavy atom. The number of rotatable bonds is 4. The Balaban J connectivity index is 2.18. The van der Waals surface area contributed by atoms with Gasteiger partial charge in [-0.3, -0.25) is 0 Å². The van der Waals surface area contributed by atoms with Gasteiger partial charge in [-0.25, -0.2) is 0 Å². The summed E-state index contributed by atoms with van der Waals surface area (Å²) in [6.45, 7) is 5.01. The molecule has 0 aliphatic heterocycles. The van der Waals surface area contributed by atoms with Crippen molar-refractivity contribution in [2.45, 2.75) is 26.4 Å². The third-order valence-electron chi connectivity index (χ3n) is 2.24. The molecule has 0 atom stereocenters. The van der Waals surface area contributed by atoms with E-state index in [0.717, 1.165) is 31.1 Å². The average molecular weight is 391 g/mol. The van der Waals surface area contributed by atoms with Gasteiger partial charge in [0, 0.05) is 27.1 Å². The maximum Gasteiger partial charge on any atom is 0.147 e. The minimum absolute atomic E-state index is 0.456. The largest absolute Gasteiger partial charge is 0.308 e. The lowest BCUT2D eigenvalue weighted by molar-refractivity contribution is 0.585. The van der Waals surface area contributed by atoms with Crippen molar-refractivity contribution in [3.05, 3.63) is 32.2 Å². The van der Waals surface area contributed by atoms with Crippen molar-refractivity contribution < 1.29 is 0 Å². The zero-order valence-corrected chi connectivity index (χ0v) is 14.1. The van der Waals surface area contributed by atoms with E-state index in [-0.39, 0.29) is 0 Å². The smallest absolute Gasteiger partial charge is 0.147 e. The highest BCUT2D eigenvalue weighted by molar-refractivity contribution is 9.11. The Bertz CT molecular complexity index is 520. The summed E-state index contributed by atoms with van der Waals surface area (Å²) in [5, 5.41) is 13.7. The summed E-state index contributed by atoms with van der Waals surface area (Å²) in [6, 6.07) is 6.55. The lowest BCUT2D eigenvalue weighted by Gasteiger charge is -2.03. The first kappa shape index (κ1) is 14.1. The molecular weight excluding hydrogens is 378 g/mol. The predicted molar refractivity (Wildman–Crippen MR) is 82.7 cm³/mol. The monoisotopic (exact) mass is 389 g/mol. The van der Waals surface area contributed by atoms with E-state index in [0.29, 0.717) is 6.04 Å². The predicted octanol–water partition coefficient (Wildman–Crippen LogP) is 4.23. The van der Waals surface area contributed by atoms with E-state index in [1.54, 1.807) is 11.3 Å². The van der Waals surface area contributed by atoms with Crippen LogP contribution in [0, 0.1) is 0 Å². The van der Waals surface area contributed by atoms with Crippen molar-refractivity contribution in [3.63, 3.8) is 0 Å². The molecule has 18 heavy (non-hydrogen) atoms. The molecule has 3 nitrogen and oxygen atoms in total. The van der Waals surface area contributed by atoms with Crippen LogP contribution >= 0.6 is 43.2 Å². The number of nitrogens with zero attached hydrogens (tertiary/aromatic N) is 2. The highest BCUT2D eigenvalue weighted by Gasteiger charge is 2.08. The maximum absolute atomic E-state index is 4.23. The zero-order valence-electron chi connectivity index (χ0n) is 10.1. The van der Waals surface area contributed by atoms with Gasteiger partial charge in [0.15, 0.2) is 0 Å².